The van der Waals surface area contributed by atoms with Crippen LogP contribution in [0.2, 0.25) is 0 Å². The molecule has 0 saturated heterocycles. The lowest BCUT2D eigenvalue weighted by atomic mass is 9.94. The maximum Gasteiger partial charge on any atom is 0.309 e. The van der Waals surface area contributed by atoms with Crippen LogP contribution in [0, 0.1) is 11.8 Å². The number of ether oxygens (including phenoxy) is 2. The van der Waals surface area contributed by atoms with Crippen LogP contribution in [0.1, 0.15) is 42.9 Å². The Morgan fingerprint density at radius 2 is 1.74 bits per heavy atom. The van der Waals surface area contributed by atoms with Gasteiger partial charge in [-0.25, -0.2) is 0 Å². The first-order valence-electron chi connectivity index (χ1n) is 13.2. The highest BCUT2D eigenvalue weighted by Gasteiger charge is 2.27. The van der Waals surface area contributed by atoms with Gasteiger partial charge in [0, 0.05) is 13.0 Å². The average molecular weight is 523 g/mol. The molecule has 1 aliphatic rings. The van der Waals surface area contributed by atoms with E-state index in [1.165, 1.54) is 0 Å². The van der Waals surface area contributed by atoms with E-state index in [2.05, 4.69) is 10.6 Å². The van der Waals surface area contributed by atoms with Crippen LogP contribution in [0.3, 0.4) is 0 Å². The standard InChI is InChI=1S/C30H38N2O6/c33-17-19-37-18-16-31-28(34)21-25-14-8-3-9-15-26(20-23-10-4-1-5-11-23)30(36)38-22-27(32-29(25)35)24-12-6-2-7-13-24/h1-8,10-13,25-27,33H,9,14-22H2,(H,31,34)(H,32,35)/t25-,26-,27-/m1/s1. The Morgan fingerprint density at radius 1 is 1.00 bits per heavy atom. The monoisotopic (exact) mass is 522 g/mol. The summed E-state index contributed by atoms with van der Waals surface area (Å²) in [5.41, 5.74) is 1.89. The van der Waals surface area contributed by atoms with Gasteiger partial charge in [0.05, 0.1) is 37.7 Å². The lowest BCUT2D eigenvalue weighted by Crippen LogP contribution is -2.39. The number of carbonyl (C=O) groups excluding carboxylic acids is 3. The molecule has 1 aliphatic heterocycles. The summed E-state index contributed by atoms with van der Waals surface area (Å²) < 4.78 is 10.9. The highest BCUT2D eigenvalue weighted by Crippen LogP contribution is 2.21. The fraction of sp³-hybridized carbons (Fsp3) is 0.433. The fourth-order valence-corrected chi connectivity index (χ4v) is 4.37. The van der Waals surface area contributed by atoms with Crippen molar-refractivity contribution in [3.63, 3.8) is 0 Å². The summed E-state index contributed by atoms with van der Waals surface area (Å²) in [6.07, 6.45) is 6.19. The maximum atomic E-state index is 13.3. The van der Waals surface area contributed by atoms with Crippen molar-refractivity contribution >= 4 is 17.8 Å². The van der Waals surface area contributed by atoms with Gasteiger partial charge in [-0.15, -0.1) is 0 Å². The summed E-state index contributed by atoms with van der Waals surface area (Å²) in [6.45, 7) is 0.730. The Bertz CT molecular complexity index is 1030. The zero-order valence-corrected chi connectivity index (χ0v) is 21.7. The molecule has 0 saturated carbocycles. The number of hydrogen-bond donors (Lipinski definition) is 3. The molecule has 1 heterocycles. The molecule has 0 aliphatic carbocycles. The van der Waals surface area contributed by atoms with Crippen molar-refractivity contribution in [3.8, 4) is 0 Å². The van der Waals surface area contributed by atoms with Crippen LogP contribution in [-0.4, -0.2) is 55.9 Å². The molecule has 3 N–H and O–H groups in total. The van der Waals surface area contributed by atoms with Gasteiger partial charge in [-0.3, -0.25) is 14.4 Å². The van der Waals surface area contributed by atoms with Gasteiger partial charge in [-0.1, -0.05) is 72.8 Å². The zero-order chi connectivity index (χ0) is 27.0. The van der Waals surface area contributed by atoms with E-state index in [1.807, 2.05) is 72.8 Å². The normalized spacial score (nSPS) is 20.8. The van der Waals surface area contributed by atoms with Crippen molar-refractivity contribution in [2.75, 3.05) is 33.0 Å². The number of nitrogens with one attached hydrogen (secondary N) is 2. The number of aliphatic hydroxyl groups excluding tert-OH is 1. The molecule has 0 unspecified atom stereocenters. The summed E-state index contributed by atoms with van der Waals surface area (Å²) in [5.74, 6) is -1.68. The van der Waals surface area contributed by atoms with Gasteiger partial charge >= 0.3 is 5.97 Å². The highest BCUT2D eigenvalue weighted by molar-refractivity contribution is 5.86. The number of cyclic esters (lactones) is 1. The summed E-state index contributed by atoms with van der Waals surface area (Å²) in [7, 11) is 0. The molecule has 38 heavy (non-hydrogen) atoms. The van der Waals surface area contributed by atoms with Crippen LogP contribution in [0.25, 0.3) is 0 Å². The first kappa shape index (κ1) is 29.1. The molecule has 204 valence electrons. The van der Waals surface area contributed by atoms with Crippen molar-refractivity contribution in [1.29, 1.82) is 0 Å². The second kappa shape index (κ2) is 16.4. The van der Waals surface area contributed by atoms with Crippen LogP contribution in [0.5, 0.6) is 0 Å². The Morgan fingerprint density at radius 3 is 2.47 bits per heavy atom. The molecule has 0 fully saturated rings. The minimum absolute atomic E-state index is 0.00835. The van der Waals surface area contributed by atoms with Gasteiger partial charge in [0.25, 0.3) is 0 Å². The van der Waals surface area contributed by atoms with Gasteiger partial charge in [0.1, 0.15) is 6.61 Å². The predicted octanol–water partition coefficient (Wildman–Crippen LogP) is 3.12. The topological polar surface area (TPSA) is 114 Å². The molecular weight excluding hydrogens is 484 g/mol. The van der Waals surface area contributed by atoms with Crippen LogP contribution in [-0.2, 0) is 30.3 Å². The van der Waals surface area contributed by atoms with E-state index in [1.54, 1.807) is 0 Å². The van der Waals surface area contributed by atoms with Gasteiger partial charge < -0.3 is 25.2 Å². The summed E-state index contributed by atoms with van der Waals surface area (Å²) in [5, 5.41) is 14.6. The Labute approximate surface area is 224 Å². The first-order valence-corrected chi connectivity index (χ1v) is 13.2. The molecule has 8 nitrogen and oxygen atoms in total. The molecule has 0 aromatic heterocycles. The number of esters is 1. The molecular formula is C30H38N2O6. The van der Waals surface area contributed by atoms with Crippen LogP contribution >= 0.6 is 0 Å². The van der Waals surface area contributed by atoms with E-state index in [0.717, 1.165) is 11.1 Å². The number of rotatable bonds is 10. The Kier molecular flexibility index (Phi) is 12.5. The molecule has 3 rings (SSSR count). The molecule has 0 bridgehead atoms. The predicted molar refractivity (Wildman–Crippen MR) is 144 cm³/mol. The number of benzene rings is 2. The fourth-order valence-electron chi connectivity index (χ4n) is 4.37. The minimum Gasteiger partial charge on any atom is -0.463 e. The van der Waals surface area contributed by atoms with Crippen molar-refractivity contribution in [3.05, 3.63) is 83.9 Å². The van der Waals surface area contributed by atoms with Crippen molar-refractivity contribution in [2.45, 2.75) is 38.1 Å². The van der Waals surface area contributed by atoms with Crippen LogP contribution in [0.15, 0.2) is 72.8 Å². The molecule has 2 aromatic rings. The Hall–Kier alpha value is -3.49. The van der Waals surface area contributed by atoms with Crippen molar-refractivity contribution in [1.82, 2.24) is 10.6 Å². The maximum absolute atomic E-state index is 13.3. The average Bonchev–Trinajstić information content (AvgIpc) is 2.95. The molecule has 0 radical (unpaired) electrons. The van der Waals surface area contributed by atoms with Gasteiger partial charge in [-0.05, 0) is 36.8 Å². The van der Waals surface area contributed by atoms with E-state index in [-0.39, 0.29) is 56.5 Å². The number of hydrogen-bond acceptors (Lipinski definition) is 6. The molecule has 2 amide bonds. The number of allylic oxidation sites excluding steroid dienone is 2. The van der Waals surface area contributed by atoms with Crippen molar-refractivity contribution < 1.29 is 29.0 Å². The molecule has 2 aromatic carbocycles. The SMILES string of the molecule is O=C(C[C@H]1CC=CCC[C@H](Cc2ccccc2)C(=O)OC[C@H](c2ccccc2)NC1=O)NCCOCCO. The second-order valence-electron chi connectivity index (χ2n) is 9.36. The highest BCUT2D eigenvalue weighted by atomic mass is 16.5. The summed E-state index contributed by atoms with van der Waals surface area (Å²) in [6, 6.07) is 18.7. The Balaban J connectivity index is 1.72. The largest absolute Gasteiger partial charge is 0.463 e. The van der Waals surface area contributed by atoms with Crippen LogP contribution in [0.4, 0.5) is 0 Å². The number of aliphatic hydroxyl groups is 1. The van der Waals surface area contributed by atoms with Crippen molar-refractivity contribution in [2.24, 2.45) is 11.8 Å². The van der Waals surface area contributed by atoms with E-state index in [0.29, 0.717) is 32.2 Å². The molecule has 0 spiro atoms. The lowest BCUT2D eigenvalue weighted by Gasteiger charge is -2.23. The van der Waals surface area contributed by atoms with Crippen LogP contribution < -0.4 is 10.6 Å². The van der Waals surface area contributed by atoms with E-state index in [9.17, 15) is 14.4 Å². The van der Waals surface area contributed by atoms with E-state index < -0.39 is 12.0 Å². The third kappa shape index (κ3) is 10.1. The number of carbonyl (C=O) groups is 3. The third-order valence-corrected chi connectivity index (χ3v) is 6.44. The first-order chi connectivity index (χ1) is 18.6. The summed E-state index contributed by atoms with van der Waals surface area (Å²) >= 11 is 0. The van der Waals surface area contributed by atoms with E-state index in [4.69, 9.17) is 14.6 Å². The zero-order valence-electron chi connectivity index (χ0n) is 21.7. The molecule has 3 atom stereocenters. The third-order valence-electron chi connectivity index (χ3n) is 6.44. The summed E-state index contributed by atoms with van der Waals surface area (Å²) in [4.78, 5) is 39.0. The van der Waals surface area contributed by atoms with Gasteiger partial charge in [-0.2, -0.15) is 0 Å². The van der Waals surface area contributed by atoms with Gasteiger partial charge in [0.15, 0.2) is 0 Å². The number of amides is 2. The second-order valence-corrected chi connectivity index (χ2v) is 9.36. The lowest BCUT2D eigenvalue weighted by molar-refractivity contribution is -0.150. The minimum atomic E-state index is -0.576. The van der Waals surface area contributed by atoms with E-state index >= 15 is 0 Å². The molecule has 8 heteroatoms. The van der Waals surface area contributed by atoms with Gasteiger partial charge in [0.2, 0.25) is 11.8 Å². The smallest absolute Gasteiger partial charge is 0.309 e. The quantitative estimate of drug-likeness (QED) is 0.251.